The van der Waals surface area contributed by atoms with Gasteiger partial charge in [-0.3, -0.25) is 0 Å². The normalized spacial score (nSPS) is 18.7. The van der Waals surface area contributed by atoms with Gasteiger partial charge in [-0.25, -0.2) is 0 Å². The Morgan fingerprint density at radius 1 is 0.889 bits per heavy atom. The molecule has 1 aromatic carbocycles. The van der Waals surface area contributed by atoms with Gasteiger partial charge in [0.1, 0.15) is 0 Å². The molecule has 0 unspecified atom stereocenters. The molecule has 0 amide bonds. The van der Waals surface area contributed by atoms with Crippen LogP contribution in [-0.2, 0) is 5.41 Å². The second-order valence-corrected chi connectivity index (χ2v) is 4.74. The van der Waals surface area contributed by atoms with E-state index in [0.29, 0.717) is 5.41 Å². The van der Waals surface area contributed by atoms with Crippen LogP contribution in [0.2, 0.25) is 0 Å². The topological polar surface area (TPSA) is 12.0 Å². The van der Waals surface area contributed by atoms with Crippen LogP contribution in [0.1, 0.15) is 65.4 Å². The summed E-state index contributed by atoms with van der Waals surface area (Å²) in [6, 6.07) is 8.86. The van der Waals surface area contributed by atoms with Gasteiger partial charge >= 0.3 is 0 Å². The summed E-state index contributed by atoms with van der Waals surface area (Å²) in [5.41, 5.74) is 3.46. The average Bonchev–Trinajstić information content (AvgIpc) is 2.83. The van der Waals surface area contributed by atoms with Crippen molar-refractivity contribution < 1.29 is 0 Å². The zero-order valence-corrected chi connectivity index (χ0v) is 12.6. The molecule has 3 rings (SSSR count). The molecule has 1 spiro atoms. The first kappa shape index (κ1) is 15.1. The molecular formula is C17H29N. The summed E-state index contributed by atoms with van der Waals surface area (Å²) in [7, 11) is 0. The highest BCUT2D eigenvalue weighted by molar-refractivity contribution is 5.60. The number of rotatable bonds is 0. The molecule has 102 valence electrons. The molecule has 1 aliphatic heterocycles. The van der Waals surface area contributed by atoms with E-state index < -0.39 is 0 Å². The lowest BCUT2D eigenvalue weighted by atomic mass is 9.71. The van der Waals surface area contributed by atoms with Gasteiger partial charge in [0.05, 0.1) is 0 Å². The van der Waals surface area contributed by atoms with Gasteiger partial charge < -0.3 is 5.32 Å². The first-order chi connectivity index (χ1) is 8.91. The fourth-order valence-corrected chi connectivity index (χ4v) is 3.13. The molecule has 18 heavy (non-hydrogen) atoms. The monoisotopic (exact) mass is 247 g/mol. The van der Waals surface area contributed by atoms with Crippen LogP contribution < -0.4 is 5.32 Å². The van der Waals surface area contributed by atoms with Crippen LogP contribution in [0.3, 0.4) is 0 Å². The van der Waals surface area contributed by atoms with E-state index in [1.807, 2.05) is 27.7 Å². The van der Waals surface area contributed by atoms with Crippen molar-refractivity contribution in [3.63, 3.8) is 0 Å². The minimum absolute atomic E-state index is 0.495. The third-order valence-corrected chi connectivity index (χ3v) is 3.93. The van der Waals surface area contributed by atoms with Crippen LogP contribution in [0.4, 0.5) is 5.69 Å². The van der Waals surface area contributed by atoms with Crippen molar-refractivity contribution in [2.24, 2.45) is 0 Å². The fraction of sp³-hybridized carbons (Fsp3) is 0.647. The average molecular weight is 247 g/mol. The van der Waals surface area contributed by atoms with Gasteiger partial charge in [-0.05, 0) is 24.5 Å². The van der Waals surface area contributed by atoms with Crippen molar-refractivity contribution in [3.05, 3.63) is 29.8 Å². The summed E-state index contributed by atoms with van der Waals surface area (Å²) >= 11 is 0. The molecule has 1 aliphatic carbocycles. The molecule has 0 atom stereocenters. The van der Waals surface area contributed by atoms with E-state index in [1.165, 1.54) is 44.3 Å². The minimum Gasteiger partial charge on any atom is -0.384 e. The van der Waals surface area contributed by atoms with Crippen LogP contribution in [-0.4, -0.2) is 6.54 Å². The largest absolute Gasteiger partial charge is 0.384 e. The van der Waals surface area contributed by atoms with Crippen molar-refractivity contribution in [3.8, 4) is 0 Å². The molecule has 1 fully saturated rings. The van der Waals surface area contributed by atoms with Crippen molar-refractivity contribution in [2.75, 3.05) is 11.9 Å². The van der Waals surface area contributed by atoms with E-state index in [9.17, 15) is 0 Å². The maximum absolute atomic E-state index is 3.56. The highest BCUT2D eigenvalue weighted by atomic mass is 14.9. The number of hydrogen-bond donors (Lipinski definition) is 1. The lowest BCUT2D eigenvalue weighted by Crippen LogP contribution is -2.30. The Balaban J connectivity index is 0.000000371. The molecule has 1 N–H and O–H groups in total. The molecule has 0 aromatic heterocycles. The van der Waals surface area contributed by atoms with Crippen molar-refractivity contribution >= 4 is 5.69 Å². The van der Waals surface area contributed by atoms with E-state index in [4.69, 9.17) is 0 Å². The Morgan fingerprint density at radius 2 is 1.50 bits per heavy atom. The number of nitrogens with one attached hydrogen (secondary N) is 1. The van der Waals surface area contributed by atoms with E-state index in [-0.39, 0.29) is 0 Å². The van der Waals surface area contributed by atoms with Crippen molar-refractivity contribution in [1.82, 2.24) is 0 Å². The maximum atomic E-state index is 3.56. The fourth-order valence-electron chi connectivity index (χ4n) is 3.13. The highest BCUT2D eigenvalue weighted by Gasteiger charge is 2.39. The Morgan fingerprint density at radius 3 is 2.17 bits per heavy atom. The first-order valence-corrected chi connectivity index (χ1v) is 7.74. The number of para-hydroxylation sites is 1. The summed E-state index contributed by atoms with van der Waals surface area (Å²) in [5, 5.41) is 3.56. The molecule has 1 aromatic rings. The van der Waals surface area contributed by atoms with Crippen molar-refractivity contribution in [1.29, 1.82) is 0 Å². The zero-order chi connectivity index (χ0) is 13.4. The molecular weight excluding hydrogens is 218 g/mol. The van der Waals surface area contributed by atoms with Gasteiger partial charge in [-0.15, -0.1) is 0 Å². The smallest absolute Gasteiger partial charge is 0.0379 e. The third kappa shape index (κ3) is 2.88. The molecule has 1 heteroatoms. The molecule has 0 radical (unpaired) electrons. The Kier molecular flexibility index (Phi) is 6.24. The number of anilines is 1. The number of fused-ring (bicyclic) bond motifs is 2. The summed E-state index contributed by atoms with van der Waals surface area (Å²) in [6.45, 7) is 9.17. The summed E-state index contributed by atoms with van der Waals surface area (Å²) in [5.74, 6) is 0. The second kappa shape index (κ2) is 7.45. The van der Waals surface area contributed by atoms with Crippen LogP contribution in [0.25, 0.3) is 0 Å². The summed E-state index contributed by atoms with van der Waals surface area (Å²) < 4.78 is 0. The molecule has 2 aliphatic rings. The molecule has 0 bridgehead atoms. The van der Waals surface area contributed by atoms with Gasteiger partial charge in [0.15, 0.2) is 0 Å². The minimum atomic E-state index is 0.495. The zero-order valence-electron chi connectivity index (χ0n) is 12.6. The Labute approximate surface area is 113 Å². The van der Waals surface area contributed by atoms with Gasteiger partial charge in [0.2, 0.25) is 0 Å². The maximum Gasteiger partial charge on any atom is 0.0379 e. The highest BCUT2D eigenvalue weighted by Crippen LogP contribution is 2.46. The summed E-state index contributed by atoms with van der Waals surface area (Å²) in [6.07, 6.45) is 7.03. The van der Waals surface area contributed by atoms with Crippen LogP contribution in [0, 0.1) is 0 Å². The van der Waals surface area contributed by atoms with E-state index in [0.717, 1.165) is 0 Å². The predicted molar refractivity (Wildman–Crippen MR) is 82.4 cm³/mol. The van der Waals surface area contributed by atoms with Gasteiger partial charge in [-0.2, -0.15) is 0 Å². The van der Waals surface area contributed by atoms with Crippen molar-refractivity contribution in [2.45, 2.75) is 65.2 Å². The first-order valence-electron chi connectivity index (χ1n) is 7.74. The van der Waals surface area contributed by atoms with Gasteiger partial charge in [0, 0.05) is 17.6 Å². The van der Waals surface area contributed by atoms with E-state index in [2.05, 4.69) is 29.6 Å². The van der Waals surface area contributed by atoms with E-state index >= 15 is 0 Å². The summed E-state index contributed by atoms with van der Waals surface area (Å²) in [4.78, 5) is 0. The molecule has 1 saturated carbocycles. The predicted octanol–water partition coefficient (Wildman–Crippen LogP) is 5.37. The molecule has 1 nitrogen and oxygen atoms in total. The van der Waals surface area contributed by atoms with Crippen LogP contribution in [0.15, 0.2) is 24.3 Å². The van der Waals surface area contributed by atoms with Gasteiger partial charge in [-0.1, -0.05) is 65.2 Å². The second-order valence-electron chi connectivity index (χ2n) is 4.74. The van der Waals surface area contributed by atoms with Crippen LogP contribution >= 0.6 is 0 Å². The molecule has 1 heterocycles. The third-order valence-electron chi connectivity index (χ3n) is 3.93. The van der Waals surface area contributed by atoms with Gasteiger partial charge in [0.25, 0.3) is 0 Å². The number of benzene rings is 1. The Bertz CT molecular complexity index is 332. The van der Waals surface area contributed by atoms with E-state index in [1.54, 1.807) is 5.56 Å². The lowest BCUT2D eigenvalue weighted by molar-refractivity contribution is 0.319. The standard InChI is InChI=1S/C13H17N.2C2H6/c1-4-8-13(9-5-1)10-14-12-7-3-2-6-11(12)13;2*1-2/h2-3,6-7,14H,1,4-5,8-10H2;2*1-2H3. The molecule has 0 saturated heterocycles. The lowest BCUT2D eigenvalue weighted by Gasteiger charge is -2.33. The Hall–Kier alpha value is -0.980. The SMILES string of the molecule is CC.CC.c1ccc2c(c1)NCC21CCCCC1. The quantitative estimate of drug-likeness (QED) is 0.650. The van der Waals surface area contributed by atoms with Crippen LogP contribution in [0.5, 0.6) is 0 Å². The number of hydrogen-bond acceptors (Lipinski definition) is 1.